The smallest absolute Gasteiger partial charge is 0.397 e. The fraction of sp³-hybridized carbons (Fsp3) is 0.438. The molecule has 2 saturated heterocycles. The molecular weight excluding hydrogens is 630 g/mol. The lowest BCUT2D eigenvalue weighted by atomic mass is 9.87. The van der Waals surface area contributed by atoms with Gasteiger partial charge < -0.3 is 19.4 Å². The maximum Gasteiger partial charge on any atom is 0.397 e. The van der Waals surface area contributed by atoms with Crippen LogP contribution in [-0.4, -0.2) is 77.4 Å². The van der Waals surface area contributed by atoms with Gasteiger partial charge in [0.1, 0.15) is 23.8 Å². The summed E-state index contributed by atoms with van der Waals surface area (Å²) < 4.78 is 61.8. The molecule has 3 atom stereocenters. The molecule has 3 aromatic rings. The van der Waals surface area contributed by atoms with Crippen molar-refractivity contribution in [3.8, 4) is 5.75 Å². The van der Waals surface area contributed by atoms with Crippen molar-refractivity contribution in [2.24, 2.45) is 13.0 Å². The number of methoxy groups -OCH3 is 1. The van der Waals surface area contributed by atoms with Gasteiger partial charge in [0.05, 0.1) is 19.1 Å². The van der Waals surface area contributed by atoms with Crippen molar-refractivity contribution in [1.29, 1.82) is 0 Å². The van der Waals surface area contributed by atoms with E-state index in [1.54, 1.807) is 47.4 Å². The number of amides is 2. The third kappa shape index (κ3) is 7.46. The molecule has 9 nitrogen and oxygen atoms in total. The third-order valence-corrected chi connectivity index (χ3v) is 8.90. The molecular formula is C32H34ClF4N5O4. The van der Waals surface area contributed by atoms with Crippen molar-refractivity contribution in [1.82, 2.24) is 19.6 Å². The fourth-order valence-electron chi connectivity index (χ4n) is 6.34. The third-order valence-electron chi connectivity index (χ3n) is 8.65. The number of aromatic nitrogens is 2. The lowest BCUT2D eigenvalue weighted by Crippen LogP contribution is -2.48. The normalized spacial score (nSPS) is 20.8. The second-order valence-electron chi connectivity index (χ2n) is 11.6. The zero-order chi connectivity index (χ0) is 33.2. The minimum atomic E-state index is -4.70. The summed E-state index contributed by atoms with van der Waals surface area (Å²) in [7, 11) is 2.93. The van der Waals surface area contributed by atoms with Crippen LogP contribution in [0.15, 0.2) is 59.4 Å². The Labute approximate surface area is 268 Å². The summed E-state index contributed by atoms with van der Waals surface area (Å²) in [5, 5.41) is 4.77. The van der Waals surface area contributed by atoms with Crippen molar-refractivity contribution in [2.45, 2.75) is 37.4 Å². The van der Waals surface area contributed by atoms with Gasteiger partial charge in [-0.3, -0.25) is 14.4 Å². The summed E-state index contributed by atoms with van der Waals surface area (Å²) in [6.45, 7) is 0.582. The molecule has 0 saturated carbocycles. The van der Waals surface area contributed by atoms with Crippen LogP contribution in [0.5, 0.6) is 5.75 Å². The minimum absolute atomic E-state index is 0.00107. The van der Waals surface area contributed by atoms with Crippen LogP contribution in [0.1, 0.15) is 42.3 Å². The van der Waals surface area contributed by atoms with E-state index in [-0.39, 0.29) is 37.6 Å². The number of halogens is 5. The van der Waals surface area contributed by atoms with Crippen LogP contribution in [0.25, 0.3) is 0 Å². The SMILES string of the molecule is COc1ccc([C@@H]2CN(c3ccc(=O)n(C)n3)C[C@H]2C(=O)N2CCC[C@@H](c3ccc(Cl)cc3)N(C(=O)CC(F)(F)F)CC2)c(F)c1. The molecule has 0 radical (unpaired) electrons. The van der Waals surface area contributed by atoms with E-state index in [2.05, 4.69) is 5.10 Å². The number of aryl methyl sites for hydroxylation is 1. The molecule has 5 rings (SSSR count). The number of hydrogen-bond acceptors (Lipinski definition) is 6. The van der Waals surface area contributed by atoms with Gasteiger partial charge in [-0.1, -0.05) is 29.8 Å². The zero-order valence-corrected chi connectivity index (χ0v) is 26.1. The number of benzene rings is 2. The van der Waals surface area contributed by atoms with Gasteiger partial charge >= 0.3 is 6.18 Å². The maximum atomic E-state index is 15.4. The highest BCUT2D eigenvalue weighted by molar-refractivity contribution is 6.30. The average Bonchev–Trinajstić information content (AvgIpc) is 3.43. The number of hydrogen-bond donors (Lipinski definition) is 0. The maximum absolute atomic E-state index is 15.4. The molecule has 0 spiro atoms. The molecule has 1 aromatic heterocycles. The van der Waals surface area contributed by atoms with Crippen LogP contribution in [0.3, 0.4) is 0 Å². The van der Waals surface area contributed by atoms with Gasteiger partial charge in [-0.05, 0) is 48.2 Å². The second kappa shape index (κ2) is 13.7. The first-order valence-corrected chi connectivity index (χ1v) is 15.3. The monoisotopic (exact) mass is 663 g/mol. The van der Waals surface area contributed by atoms with Gasteiger partial charge in [-0.15, -0.1) is 0 Å². The molecule has 2 fully saturated rings. The fourth-order valence-corrected chi connectivity index (χ4v) is 6.46. The van der Waals surface area contributed by atoms with Gasteiger partial charge in [0.15, 0.2) is 0 Å². The summed E-state index contributed by atoms with van der Waals surface area (Å²) >= 11 is 6.03. The molecule has 3 heterocycles. The summed E-state index contributed by atoms with van der Waals surface area (Å²) in [4.78, 5) is 43.8. The van der Waals surface area contributed by atoms with Crippen molar-refractivity contribution >= 4 is 29.2 Å². The summed E-state index contributed by atoms with van der Waals surface area (Å²) in [6.07, 6.45) is -5.58. The molecule has 2 aliphatic rings. The number of carbonyl (C=O) groups is 2. The Morgan fingerprint density at radius 1 is 1.02 bits per heavy atom. The van der Waals surface area contributed by atoms with Crippen molar-refractivity contribution in [2.75, 3.05) is 44.7 Å². The minimum Gasteiger partial charge on any atom is -0.497 e. The molecule has 0 unspecified atom stereocenters. The van der Waals surface area contributed by atoms with Gasteiger partial charge in [-0.2, -0.15) is 18.3 Å². The molecule has 246 valence electrons. The summed E-state index contributed by atoms with van der Waals surface area (Å²) in [5.41, 5.74) is 0.657. The van der Waals surface area contributed by atoms with Gasteiger partial charge in [0.2, 0.25) is 11.8 Å². The van der Waals surface area contributed by atoms with E-state index in [0.29, 0.717) is 47.1 Å². The highest BCUT2D eigenvalue weighted by atomic mass is 35.5. The van der Waals surface area contributed by atoms with E-state index in [1.165, 1.54) is 35.9 Å². The predicted octanol–water partition coefficient (Wildman–Crippen LogP) is 4.95. The molecule has 0 N–H and O–H groups in total. The van der Waals surface area contributed by atoms with E-state index < -0.39 is 42.2 Å². The lowest BCUT2D eigenvalue weighted by molar-refractivity contribution is -0.164. The molecule has 2 amide bonds. The number of alkyl halides is 3. The number of carbonyl (C=O) groups excluding carboxylic acids is 2. The molecule has 14 heteroatoms. The van der Waals surface area contributed by atoms with Crippen LogP contribution in [0, 0.1) is 11.7 Å². The number of anilines is 1. The Hall–Kier alpha value is -4.13. The molecule has 2 aliphatic heterocycles. The van der Waals surface area contributed by atoms with Crippen LogP contribution < -0.4 is 15.2 Å². The van der Waals surface area contributed by atoms with E-state index in [9.17, 15) is 27.6 Å². The van der Waals surface area contributed by atoms with E-state index in [0.717, 1.165) is 0 Å². The Kier molecular flexibility index (Phi) is 9.90. The highest BCUT2D eigenvalue weighted by Crippen LogP contribution is 2.39. The van der Waals surface area contributed by atoms with Crippen LogP contribution in [-0.2, 0) is 16.6 Å². The second-order valence-corrected chi connectivity index (χ2v) is 12.0. The average molecular weight is 664 g/mol. The zero-order valence-electron chi connectivity index (χ0n) is 25.3. The molecule has 46 heavy (non-hydrogen) atoms. The highest BCUT2D eigenvalue weighted by Gasteiger charge is 2.43. The number of nitrogens with zero attached hydrogens (tertiary/aromatic N) is 5. The first-order chi connectivity index (χ1) is 21.8. The Morgan fingerprint density at radius 3 is 2.41 bits per heavy atom. The Morgan fingerprint density at radius 2 is 1.76 bits per heavy atom. The topological polar surface area (TPSA) is 88.0 Å². The van der Waals surface area contributed by atoms with E-state index in [1.807, 2.05) is 4.90 Å². The lowest BCUT2D eigenvalue weighted by Gasteiger charge is -2.38. The largest absolute Gasteiger partial charge is 0.497 e. The quantitative estimate of drug-likeness (QED) is 0.347. The Bertz CT molecular complexity index is 1630. The van der Waals surface area contributed by atoms with Crippen molar-refractivity contribution < 1.29 is 31.9 Å². The van der Waals surface area contributed by atoms with Gasteiger partial charge in [0, 0.05) is 62.8 Å². The standard InChI is InChI=1S/C32H34ClF4N5O4/c1-39-29(43)12-11-28(38-39)41-18-24(23-10-9-22(46-2)16-26(23)34)25(19-41)31(45)40-13-3-4-27(20-5-7-21(33)8-6-20)42(15-14-40)30(44)17-32(35,36)37/h5-12,16,24-25,27H,3-4,13-15,17-19H2,1-2H3/t24-,25+,27-/m0/s1. The van der Waals surface area contributed by atoms with Crippen LogP contribution in [0.2, 0.25) is 5.02 Å². The van der Waals surface area contributed by atoms with E-state index >= 15 is 4.39 Å². The Balaban J connectivity index is 1.43. The van der Waals surface area contributed by atoms with Crippen molar-refractivity contribution in [3.63, 3.8) is 0 Å². The molecule has 0 bridgehead atoms. The van der Waals surface area contributed by atoms with Gasteiger partial charge in [0.25, 0.3) is 5.56 Å². The molecule has 2 aromatic carbocycles. The first-order valence-electron chi connectivity index (χ1n) is 14.9. The van der Waals surface area contributed by atoms with Crippen molar-refractivity contribution in [3.05, 3.63) is 86.9 Å². The van der Waals surface area contributed by atoms with Crippen LogP contribution >= 0.6 is 11.6 Å². The summed E-state index contributed by atoms with van der Waals surface area (Å²) in [6, 6.07) is 13.4. The van der Waals surface area contributed by atoms with E-state index in [4.69, 9.17) is 16.3 Å². The molecule has 0 aliphatic carbocycles. The van der Waals surface area contributed by atoms with Gasteiger partial charge in [-0.25, -0.2) is 9.07 Å². The van der Waals surface area contributed by atoms with Crippen LogP contribution in [0.4, 0.5) is 23.4 Å². The number of ether oxygens (including phenoxy) is 1. The predicted molar refractivity (Wildman–Crippen MR) is 163 cm³/mol. The first kappa shape index (κ1) is 33.2. The summed E-state index contributed by atoms with van der Waals surface area (Å²) in [5.74, 6) is -2.51. The number of rotatable bonds is 6.